The van der Waals surface area contributed by atoms with E-state index in [9.17, 15) is 0 Å². The van der Waals surface area contributed by atoms with Crippen molar-refractivity contribution in [2.24, 2.45) is 0 Å². The first-order valence-electron chi connectivity index (χ1n) is 4.59. The van der Waals surface area contributed by atoms with Crippen LogP contribution in [0.25, 0.3) is 0 Å². The molecule has 3 heteroatoms. The van der Waals surface area contributed by atoms with Gasteiger partial charge in [0.15, 0.2) is 0 Å². The first kappa shape index (κ1) is 12.2. The summed E-state index contributed by atoms with van der Waals surface area (Å²) in [5.74, 6) is 0.863. The number of benzene rings is 1. The summed E-state index contributed by atoms with van der Waals surface area (Å²) in [5.41, 5.74) is 4.06. The molecule has 1 aromatic carbocycles. The van der Waals surface area contributed by atoms with Gasteiger partial charge in [-0.2, -0.15) is 0 Å². The fourth-order valence-corrected chi connectivity index (χ4v) is 1.32. The van der Waals surface area contributed by atoms with Crippen LogP contribution in [0.15, 0.2) is 47.5 Å². The molecule has 0 amide bonds. The average molecular weight is 243 g/mol. The Hall–Kier alpha value is -0.920. The smallest absolute Gasteiger partial charge is 0.123 e. The summed E-state index contributed by atoms with van der Waals surface area (Å²) >= 11 is 10.9. The molecule has 0 aliphatic carbocycles. The second-order valence-electron chi connectivity index (χ2n) is 2.85. The lowest BCUT2D eigenvalue weighted by molar-refractivity contribution is 0.360. The van der Waals surface area contributed by atoms with Gasteiger partial charge >= 0.3 is 0 Å². The molecule has 0 radical (unpaired) electrons. The predicted octanol–water partition coefficient (Wildman–Crippen LogP) is 4.11. The molecule has 0 saturated carbocycles. The predicted molar refractivity (Wildman–Crippen MR) is 65.6 cm³/mol. The number of allylic oxidation sites excluding steroid dienone is 1. The third-order valence-electron chi connectivity index (χ3n) is 1.82. The van der Waals surface area contributed by atoms with Crippen LogP contribution in [-0.4, -0.2) is 6.61 Å². The van der Waals surface area contributed by atoms with Crippen LogP contribution in [0, 0.1) is 0 Å². The largest absolute Gasteiger partial charge is 0.489 e. The molecule has 0 aliphatic heterocycles. The third-order valence-corrected chi connectivity index (χ3v) is 2.18. The highest BCUT2D eigenvalue weighted by Gasteiger charge is 1.99. The maximum Gasteiger partial charge on any atom is 0.123 e. The summed E-state index contributed by atoms with van der Waals surface area (Å²) in [6.45, 7) is 0.477. The Balaban J connectivity index is 2.67. The summed E-state index contributed by atoms with van der Waals surface area (Å²) in [6, 6.07) is 7.85. The fourth-order valence-electron chi connectivity index (χ4n) is 1.16. The van der Waals surface area contributed by atoms with E-state index < -0.39 is 0 Å². The molecule has 0 saturated heterocycles. The summed E-state index contributed by atoms with van der Waals surface area (Å²) in [4.78, 5) is 0. The molecule has 0 bridgehead atoms. The van der Waals surface area contributed by atoms with Crippen LogP contribution in [0.5, 0.6) is 5.75 Å². The standard InChI is InChI=1S/C12H12Cl2O/c13-8-3-6-11-5-1-2-7-12(11)15-10-4-9-14/h1-5,7-9H,6,10H2. The van der Waals surface area contributed by atoms with Gasteiger partial charge in [0.1, 0.15) is 12.4 Å². The van der Waals surface area contributed by atoms with Crippen LogP contribution in [-0.2, 0) is 6.42 Å². The van der Waals surface area contributed by atoms with Crippen molar-refractivity contribution in [3.8, 4) is 5.75 Å². The van der Waals surface area contributed by atoms with Crippen molar-refractivity contribution in [1.82, 2.24) is 0 Å². The zero-order chi connectivity index (χ0) is 10.9. The molecular weight excluding hydrogens is 231 g/mol. The SMILES string of the molecule is ClC=CCOc1ccccc1CC=CCl. The minimum atomic E-state index is 0.477. The van der Waals surface area contributed by atoms with Crippen LogP contribution < -0.4 is 4.74 Å². The lowest BCUT2D eigenvalue weighted by atomic mass is 10.1. The minimum Gasteiger partial charge on any atom is -0.489 e. The maximum absolute atomic E-state index is 5.53. The van der Waals surface area contributed by atoms with E-state index in [2.05, 4.69) is 0 Å². The van der Waals surface area contributed by atoms with Gasteiger partial charge in [-0.25, -0.2) is 0 Å². The van der Waals surface area contributed by atoms with E-state index in [1.807, 2.05) is 30.3 Å². The first-order valence-corrected chi connectivity index (χ1v) is 5.47. The normalized spacial score (nSPS) is 11.3. The zero-order valence-electron chi connectivity index (χ0n) is 8.20. The third kappa shape index (κ3) is 4.41. The molecule has 15 heavy (non-hydrogen) atoms. The number of para-hydroxylation sites is 1. The zero-order valence-corrected chi connectivity index (χ0v) is 9.71. The molecule has 1 aromatic rings. The van der Waals surface area contributed by atoms with Gasteiger partial charge in [-0.3, -0.25) is 0 Å². The Labute approximate surface area is 100.0 Å². The van der Waals surface area contributed by atoms with Crippen molar-refractivity contribution >= 4 is 23.2 Å². The highest BCUT2D eigenvalue weighted by molar-refractivity contribution is 6.25. The van der Waals surface area contributed by atoms with Crippen molar-refractivity contribution in [2.45, 2.75) is 6.42 Å². The molecule has 0 aliphatic rings. The number of hydrogen-bond donors (Lipinski definition) is 0. The summed E-state index contributed by atoms with van der Waals surface area (Å²) < 4.78 is 5.53. The van der Waals surface area contributed by atoms with Crippen LogP contribution in [0.3, 0.4) is 0 Å². The van der Waals surface area contributed by atoms with Gasteiger partial charge in [0.05, 0.1) is 0 Å². The topological polar surface area (TPSA) is 9.23 Å². The lowest BCUT2D eigenvalue weighted by Crippen LogP contribution is -1.96. The molecule has 0 fully saturated rings. The fraction of sp³-hybridized carbons (Fsp3) is 0.167. The van der Waals surface area contributed by atoms with E-state index in [4.69, 9.17) is 27.9 Å². The van der Waals surface area contributed by atoms with Gasteiger partial charge in [-0.15, -0.1) is 0 Å². The molecular formula is C12H12Cl2O. The molecule has 1 nitrogen and oxygen atoms in total. The molecule has 0 aromatic heterocycles. The van der Waals surface area contributed by atoms with Gasteiger partial charge in [-0.05, 0) is 24.1 Å². The van der Waals surface area contributed by atoms with Crippen molar-refractivity contribution in [1.29, 1.82) is 0 Å². The van der Waals surface area contributed by atoms with Crippen molar-refractivity contribution in [2.75, 3.05) is 6.61 Å². The molecule has 80 valence electrons. The number of rotatable bonds is 5. The van der Waals surface area contributed by atoms with Gasteiger partial charge in [0.25, 0.3) is 0 Å². The average Bonchev–Trinajstić information content (AvgIpc) is 2.28. The summed E-state index contributed by atoms with van der Waals surface area (Å²) in [6.07, 6.45) is 4.39. The molecule has 0 heterocycles. The Bertz CT molecular complexity index is 345. The number of halogens is 2. The maximum atomic E-state index is 5.53. The van der Waals surface area contributed by atoms with Crippen LogP contribution in [0.4, 0.5) is 0 Å². The Kier molecular flexibility index (Phi) is 5.98. The van der Waals surface area contributed by atoms with Crippen LogP contribution >= 0.6 is 23.2 Å². The molecule has 1 rings (SSSR count). The Morgan fingerprint density at radius 1 is 1.07 bits per heavy atom. The quantitative estimate of drug-likeness (QED) is 0.756. The van der Waals surface area contributed by atoms with Crippen molar-refractivity contribution in [3.63, 3.8) is 0 Å². The van der Waals surface area contributed by atoms with E-state index in [0.29, 0.717) is 6.61 Å². The van der Waals surface area contributed by atoms with E-state index in [0.717, 1.165) is 17.7 Å². The van der Waals surface area contributed by atoms with Gasteiger partial charge in [-0.1, -0.05) is 47.5 Å². The molecule has 0 N–H and O–H groups in total. The van der Waals surface area contributed by atoms with E-state index in [1.165, 1.54) is 11.1 Å². The minimum absolute atomic E-state index is 0.477. The number of hydrogen-bond acceptors (Lipinski definition) is 1. The van der Waals surface area contributed by atoms with Gasteiger partial charge in [0.2, 0.25) is 0 Å². The van der Waals surface area contributed by atoms with Gasteiger partial charge in [0, 0.05) is 11.1 Å². The van der Waals surface area contributed by atoms with Gasteiger partial charge < -0.3 is 4.74 Å². The molecule has 0 unspecified atom stereocenters. The monoisotopic (exact) mass is 242 g/mol. The van der Waals surface area contributed by atoms with E-state index in [-0.39, 0.29) is 0 Å². The van der Waals surface area contributed by atoms with E-state index in [1.54, 1.807) is 6.08 Å². The summed E-state index contributed by atoms with van der Waals surface area (Å²) in [7, 11) is 0. The molecule has 0 atom stereocenters. The lowest BCUT2D eigenvalue weighted by Gasteiger charge is -2.07. The first-order chi connectivity index (χ1) is 7.38. The van der Waals surface area contributed by atoms with Crippen molar-refractivity contribution < 1.29 is 4.74 Å². The Morgan fingerprint density at radius 3 is 2.53 bits per heavy atom. The highest BCUT2D eigenvalue weighted by Crippen LogP contribution is 2.18. The van der Waals surface area contributed by atoms with Crippen LogP contribution in [0.1, 0.15) is 5.56 Å². The second kappa shape index (κ2) is 7.38. The Morgan fingerprint density at radius 2 is 1.80 bits per heavy atom. The van der Waals surface area contributed by atoms with Crippen LogP contribution in [0.2, 0.25) is 0 Å². The highest BCUT2D eigenvalue weighted by atomic mass is 35.5. The molecule has 0 spiro atoms. The summed E-state index contributed by atoms with van der Waals surface area (Å²) in [5, 5.41) is 0. The van der Waals surface area contributed by atoms with E-state index >= 15 is 0 Å². The number of ether oxygens (including phenoxy) is 1. The second-order valence-corrected chi connectivity index (χ2v) is 3.35. The van der Waals surface area contributed by atoms with Crippen molar-refractivity contribution in [3.05, 3.63) is 53.1 Å².